The van der Waals surface area contributed by atoms with Crippen LogP contribution in [0.25, 0.3) is 11.0 Å². The number of hydrogen-bond acceptors (Lipinski definition) is 3. The van der Waals surface area contributed by atoms with Crippen molar-refractivity contribution in [3.63, 3.8) is 0 Å². The molecule has 0 atom stereocenters. The zero-order valence-corrected chi connectivity index (χ0v) is 11.5. The molecule has 3 rings (SSSR count). The maximum absolute atomic E-state index is 6.34. The van der Waals surface area contributed by atoms with Gasteiger partial charge in [-0.25, -0.2) is 4.98 Å². The molecule has 2 aromatic rings. The SMILES string of the molecule is NN=C(c1c(Cl)cnc2[nH]ccc12)C1CCCCC1. The summed E-state index contributed by atoms with van der Waals surface area (Å²) in [5.74, 6) is 6.08. The van der Waals surface area contributed by atoms with Gasteiger partial charge in [0.2, 0.25) is 0 Å². The van der Waals surface area contributed by atoms with E-state index in [1.54, 1.807) is 6.20 Å². The number of aromatic nitrogens is 2. The second-order valence-electron chi connectivity index (χ2n) is 5.07. The maximum Gasteiger partial charge on any atom is 0.137 e. The van der Waals surface area contributed by atoms with Gasteiger partial charge >= 0.3 is 0 Å². The smallest absolute Gasteiger partial charge is 0.137 e. The van der Waals surface area contributed by atoms with E-state index in [1.807, 2.05) is 12.3 Å². The highest BCUT2D eigenvalue weighted by Crippen LogP contribution is 2.32. The molecule has 1 saturated carbocycles. The molecule has 4 nitrogen and oxygen atoms in total. The lowest BCUT2D eigenvalue weighted by atomic mass is 9.83. The lowest BCUT2D eigenvalue weighted by Crippen LogP contribution is -2.21. The average molecular weight is 277 g/mol. The van der Waals surface area contributed by atoms with Gasteiger partial charge in [-0.05, 0) is 18.9 Å². The Morgan fingerprint density at radius 1 is 1.37 bits per heavy atom. The van der Waals surface area contributed by atoms with Gasteiger partial charge in [-0.1, -0.05) is 30.9 Å². The van der Waals surface area contributed by atoms with Gasteiger partial charge in [-0.2, -0.15) is 5.10 Å². The Balaban J connectivity index is 2.10. The van der Waals surface area contributed by atoms with Crippen molar-refractivity contribution < 1.29 is 0 Å². The highest BCUT2D eigenvalue weighted by atomic mass is 35.5. The molecule has 0 amide bonds. The van der Waals surface area contributed by atoms with Crippen LogP contribution in [0.3, 0.4) is 0 Å². The maximum atomic E-state index is 6.34. The number of fused-ring (bicyclic) bond motifs is 1. The summed E-state index contributed by atoms with van der Waals surface area (Å²) >= 11 is 6.34. The van der Waals surface area contributed by atoms with Gasteiger partial charge in [0.15, 0.2) is 0 Å². The van der Waals surface area contributed by atoms with Gasteiger partial charge in [-0.3, -0.25) is 0 Å². The third kappa shape index (κ3) is 2.21. The number of rotatable bonds is 2. The van der Waals surface area contributed by atoms with Crippen LogP contribution >= 0.6 is 11.6 Å². The molecule has 0 aromatic carbocycles. The topological polar surface area (TPSA) is 67.1 Å². The first kappa shape index (κ1) is 12.5. The summed E-state index contributed by atoms with van der Waals surface area (Å²) in [6.45, 7) is 0. The van der Waals surface area contributed by atoms with E-state index in [9.17, 15) is 0 Å². The van der Waals surface area contributed by atoms with Crippen molar-refractivity contribution >= 4 is 28.3 Å². The van der Waals surface area contributed by atoms with Gasteiger partial charge in [-0.15, -0.1) is 0 Å². The Morgan fingerprint density at radius 2 is 2.16 bits per heavy atom. The van der Waals surface area contributed by atoms with E-state index in [1.165, 1.54) is 19.3 Å². The zero-order valence-electron chi connectivity index (χ0n) is 10.7. The number of hydrazone groups is 1. The second kappa shape index (κ2) is 5.21. The van der Waals surface area contributed by atoms with Crippen LogP contribution in [0, 0.1) is 5.92 Å². The summed E-state index contributed by atoms with van der Waals surface area (Å²) in [7, 11) is 0. The summed E-state index contributed by atoms with van der Waals surface area (Å²) in [6.07, 6.45) is 9.60. The molecule has 19 heavy (non-hydrogen) atoms. The van der Waals surface area contributed by atoms with Crippen molar-refractivity contribution in [1.29, 1.82) is 0 Å². The van der Waals surface area contributed by atoms with Crippen LogP contribution in [0.5, 0.6) is 0 Å². The van der Waals surface area contributed by atoms with Crippen LogP contribution in [-0.4, -0.2) is 15.7 Å². The van der Waals surface area contributed by atoms with E-state index in [-0.39, 0.29) is 0 Å². The van der Waals surface area contributed by atoms with E-state index < -0.39 is 0 Å². The minimum absolute atomic E-state index is 0.414. The fourth-order valence-corrected chi connectivity index (χ4v) is 3.24. The molecule has 0 aliphatic heterocycles. The third-order valence-corrected chi connectivity index (χ3v) is 4.21. The number of aromatic amines is 1. The highest BCUT2D eigenvalue weighted by molar-refractivity contribution is 6.36. The molecule has 0 radical (unpaired) electrons. The quantitative estimate of drug-likeness (QED) is 0.501. The van der Waals surface area contributed by atoms with Gasteiger partial charge in [0, 0.05) is 29.3 Å². The van der Waals surface area contributed by atoms with Crippen LogP contribution in [0.4, 0.5) is 0 Å². The molecule has 5 heteroatoms. The van der Waals surface area contributed by atoms with E-state index >= 15 is 0 Å². The van der Waals surface area contributed by atoms with Crippen LogP contribution in [-0.2, 0) is 0 Å². The number of halogens is 1. The van der Waals surface area contributed by atoms with E-state index in [4.69, 9.17) is 17.4 Å². The Bertz CT molecular complexity index is 611. The van der Waals surface area contributed by atoms with Crippen molar-refractivity contribution in [2.45, 2.75) is 32.1 Å². The molecule has 1 fully saturated rings. The molecular formula is C14H17ClN4. The normalized spacial score (nSPS) is 18.1. The van der Waals surface area contributed by atoms with E-state index in [0.717, 1.165) is 35.2 Å². The first-order valence-corrected chi connectivity index (χ1v) is 7.09. The molecule has 2 aromatic heterocycles. The number of nitrogens with two attached hydrogens (primary N) is 1. The van der Waals surface area contributed by atoms with Crippen molar-refractivity contribution in [3.8, 4) is 0 Å². The number of hydrogen-bond donors (Lipinski definition) is 2. The zero-order chi connectivity index (χ0) is 13.2. The van der Waals surface area contributed by atoms with Gasteiger partial charge < -0.3 is 10.8 Å². The first-order chi connectivity index (χ1) is 9.31. The third-order valence-electron chi connectivity index (χ3n) is 3.93. The van der Waals surface area contributed by atoms with Crippen LogP contribution in [0.2, 0.25) is 5.02 Å². The standard InChI is InChI=1S/C14H17ClN4/c15-11-8-18-14-10(6-7-17-14)12(11)13(19-16)9-4-2-1-3-5-9/h6-9H,1-5,16H2,(H,17,18). The van der Waals surface area contributed by atoms with Crippen molar-refractivity contribution in [1.82, 2.24) is 9.97 Å². The Morgan fingerprint density at radius 3 is 2.89 bits per heavy atom. The Labute approximate surface area is 117 Å². The van der Waals surface area contributed by atoms with Gasteiger partial charge in [0.1, 0.15) is 5.65 Å². The first-order valence-electron chi connectivity index (χ1n) is 6.71. The number of H-pyrrole nitrogens is 1. The van der Waals surface area contributed by atoms with Gasteiger partial charge in [0.25, 0.3) is 0 Å². The minimum Gasteiger partial charge on any atom is -0.346 e. The van der Waals surface area contributed by atoms with Crippen LogP contribution < -0.4 is 5.84 Å². The summed E-state index contributed by atoms with van der Waals surface area (Å²) in [4.78, 5) is 7.38. The monoisotopic (exact) mass is 276 g/mol. The van der Waals surface area contributed by atoms with Crippen molar-refractivity contribution in [3.05, 3.63) is 29.0 Å². The van der Waals surface area contributed by atoms with E-state index in [2.05, 4.69) is 15.1 Å². The fourth-order valence-electron chi connectivity index (χ4n) is 2.99. The molecule has 0 unspecified atom stereocenters. The number of pyridine rings is 1. The molecule has 100 valence electrons. The average Bonchev–Trinajstić information content (AvgIpc) is 2.91. The number of nitrogens with one attached hydrogen (secondary N) is 1. The Hall–Kier alpha value is -1.55. The van der Waals surface area contributed by atoms with E-state index in [0.29, 0.717) is 10.9 Å². The molecular weight excluding hydrogens is 260 g/mol. The summed E-state index contributed by atoms with van der Waals surface area (Å²) in [5.41, 5.74) is 2.70. The van der Waals surface area contributed by atoms with Crippen molar-refractivity contribution in [2.75, 3.05) is 0 Å². The van der Waals surface area contributed by atoms with Crippen LogP contribution in [0.15, 0.2) is 23.6 Å². The molecule has 0 spiro atoms. The second-order valence-corrected chi connectivity index (χ2v) is 5.48. The molecule has 2 heterocycles. The largest absolute Gasteiger partial charge is 0.346 e. The number of nitrogens with zero attached hydrogens (tertiary/aromatic N) is 2. The highest BCUT2D eigenvalue weighted by Gasteiger charge is 2.24. The summed E-state index contributed by atoms with van der Waals surface area (Å²) in [5, 5.41) is 5.69. The molecule has 0 bridgehead atoms. The summed E-state index contributed by atoms with van der Waals surface area (Å²) in [6, 6.07) is 1.98. The van der Waals surface area contributed by atoms with Crippen LogP contribution in [0.1, 0.15) is 37.7 Å². The van der Waals surface area contributed by atoms with Crippen molar-refractivity contribution in [2.24, 2.45) is 16.9 Å². The predicted octanol–water partition coefficient (Wildman–Crippen LogP) is 3.46. The summed E-state index contributed by atoms with van der Waals surface area (Å²) < 4.78 is 0. The fraction of sp³-hybridized carbons (Fsp3) is 0.429. The minimum atomic E-state index is 0.414. The lowest BCUT2D eigenvalue weighted by Gasteiger charge is -2.23. The predicted molar refractivity (Wildman–Crippen MR) is 78.4 cm³/mol. The lowest BCUT2D eigenvalue weighted by molar-refractivity contribution is 0.439. The molecule has 1 aliphatic rings. The Kier molecular flexibility index (Phi) is 3.42. The van der Waals surface area contributed by atoms with Gasteiger partial charge in [0.05, 0.1) is 10.7 Å². The molecule has 0 saturated heterocycles. The molecule has 3 N–H and O–H groups in total. The molecule has 1 aliphatic carbocycles.